The fourth-order valence-electron chi connectivity index (χ4n) is 9.17. The standard InChI is InChI=1S/C25H41ClO5/c1-13(4-7-22(30)31)17-5-6-18-23-19(11-21(29)25(17,18)3)24(2)14(10-20(23)28)8-16(27)9-15(24)12-26/h13-21,23,27-29H,4-12H2,1-3H3,(H,30,31)/t13-,14+,15?,16+,17-,18+,19+,20-,21+,23+,24-,25-/m1/s1. The quantitative estimate of drug-likeness (QED) is 0.470. The van der Waals surface area contributed by atoms with Crippen molar-refractivity contribution in [2.75, 3.05) is 5.88 Å². The van der Waals surface area contributed by atoms with E-state index in [1.54, 1.807) is 0 Å². The van der Waals surface area contributed by atoms with Gasteiger partial charge in [0.15, 0.2) is 0 Å². The molecule has 6 heteroatoms. The molecule has 4 aliphatic carbocycles. The van der Waals surface area contributed by atoms with Gasteiger partial charge in [-0.25, -0.2) is 0 Å². The number of alkyl halides is 1. The Morgan fingerprint density at radius 1 is 1.03 bits per heavy atom. The van der Waals surface area contributed by atoms with Gasteiger partial charge in [-0.3, -0.25) is 4.79 Å². The van der Waals surface area contributed by atoms with E-state index in [1.807, 2.05) is 0 Å². The van der Waals surface area contributed by atoms with Crippen molar-refractivity contribution in [3.63, 3.8) is 0 Å². The number of hydrogen-bond acceptors (Lipinski definition) is 4. The average Bonchev–Trinajstić information content (AvgIpc) is 3.06. The van der Waals surface area contributed by atoms with Crippen molar-refractivity contribution in [3.05, 3.63) is 0 Å². The van der Waals surface area contributed by atoms with Crippen LogP contribution in [0.3, 0.4) is 0 Å². The van der Waals surface area contributed by atoms with Crippen LogP contribution in [0, 0.1) is 52.3 Å². The van der Waals surface area contributed by atoms with E-state index < -0.39 is 18.2 Å². The van der Waals surface area contributed by atoms with E-state index in [0.29, 0.717) is 31.6 Å². The Hall–Kier alpha value is -0.360. The lowest BCUT2D eigenvalue weighted by molar-refractivity contribution is -0.219. The van der Waals surface area contributed by atoms with Crippen molar-refractivity contribution in [2.24, 2.45) is 52.3 Å². The summed E-state index contributed by atoms with van der Waals surface area (Å²) >= 11 is 6.44. The zero-order valence-corrected chi connectivity index (χ0v) is 20.0. The Labute approximate surface area is 191 Å². The monoisotopic (exact) mass is 456 g/mol. The van der Waals surface area contributed by atoms with Crippen molar-refractivity contribution in [3.8, 4) is 0 Å². The number of rotatable bonds is 5. The summed E-state index contributed by atoms with van der Waals surface area (Å²) in [6, 6.07) is 0. The molecule has 5 nitrogen and oxygen atoms in total. The Kier molecular flexibility index (Phi) is 6.48. The number of carbonyl (C=O) groups is 1. The van der Waals surface area contributed by atoms with Gasteiger partial charge in [0.25, 0.3) is 0 Å². The van der Waals surface area contributed by atoms with Gasteiger partial charge >= 0.3 is 5.97 Å². The number of aliphatic hydroxyl groups excluding tert-OH is 3. The number of aliphatic carboxylic acids is 1. The van der Waals surface area contributed by atoms with Gasteiger partial charge in [0, 0.05) is 12.3 Å². The predicted molar refractivity (Wildman–Crippen MR) is 120 cm³/mol. The third-order valence-corrected chi connectivity index (χ3v) is 11.2. The lowest BCUT2D eigenvalue weighted by Crippen LogP contribution is -2.64. The maximum atomic E-state index is 11.6. The van der Waals surface area contributed by atoms with E-state index in [2.05, 4.69) is 20.8 Å². The third kappa shape index (κ3) is 3.57. The van der Waals surface area contributed by atoms with Crippen LogP contribution in [0.4, 0.5) is 0 Å². The maximum absolute atomic E-state index is 11.6. The first-order valence-electron chi connectivity index (χ1n) is 12.4. The van der Waals surface area contributed by atoms with Crippen LogP contribution >= 0.6 is 11.6 Å². The molecule has 0 aromatic rings. The number of carboxylic acids is 1. The van der Waals surface area contributed by atoms with Gasteiger partial charge in [0.1, 0.15) is 0 Å². The van der Waals surface area contributed by atoms with Crippen LogP contribution in [0.1, 0.15) is 72.1 Å². The summed E-state index contributed by atoms with van der Waals surface area (Å²) in [6.07, 6.45) is 4.39. The number of halogens is 1. The molecule has 4 N–H and O–H groups in total. The minimum absolute atomic E-state index is 0.0692. The molecular weight excluding hydrogens is 416 g/mol. The number of aliphatic hydroxyl groups is 3. The second-order valence-electron chi connectivity index (χ2n) is 11.8. The minimum atomic E-state index is -0.760. The number of hydrogen-bond donors (Lipinski definition) is 4. The van der Waals surface area contributed by atoms with E-state index >= 15 is 0 Å². The molecule has 4 aliphatic rings. The second-order valence-corrected chi connectivity index (χ2v) is 12.2. The topological polar surface area (TPSA) is 98.0 Å². The van der Waals surface area contributed by atoms with Gasteiger partial charge in [-0.05, 0) is 97.2 Å². The van der Waals surface area contributed by atoms with Gasteiger partial charge in [0.2, 0.25) is 0 Å². The molecule has 0 aliphatic heterocycles. The summed E-state index contributed by atoms with van der Waals surface area (Å²) in [5, 5.41) is 42.6. The van der Waals surface area contributed by atoms with E-state index in [0.717, 1.165) is 19.3 Å². The highest BCUT2D eigenvalue weighted by Gasteiger charge is 2.67. The van der Waals surface area contributed by atoms with Crippen LogP contribution in [0.15, 0.2) is 0 Å². The third-order valence-electron chi connectivity index (χ3n) is 10.8. The molecule has 4 fully saturated rings. The molecule has 0 amide bonds. The highest BCUT2D eigenvalue weighted by molar-refractivity contribution is 6.18. The van der Waals surface area contributed by atoms with Crippen LogP contribution in [0.5, 0.6) is 0 Å². The minimum Gasteiger partial charge on any atom is -0.481 e. The first-order chi connectivity index (χ1) is 14.5. The lowest BCUT2D eigenvalue weighted by Gasteiger charge is -2.65. The van der Waals surface area contributed by atoms with Crippen molar-refractivity contribution >= 4 is 17.6 Å². The molecule has 0 bridgehead atoms. The largest absolute Gasteiger partial charge is 0.481 e. The maximum Gasteiger partial charge on any atom is 0.303 e. The van der Waals surface area contributed by atoms with Crippen LogP contribution in [-0.2, 0) is 4.79 Å². The first-order valence-corrected chi connectivity index (χ1v) is 12.9. The molecule has 1 unspecified atom stereocenters. The molecule has 0 aromatic carbocycles. The molecule has 12 atom stereocenters. The molecule has 31 heavy (non-hydrogen) atoms. The van der Waals surface area contributed by atoms with E-state index in [4.69, 9.17) is 16.7 Å². The van der Waals surface area contributed by atoms with E-state index in [1.165, 1.54) is 0 Å². The number of carboxylic acid groups (broad SMARTS) is 1. The van der Waals surface area contributed by atoms with Crippen molar-refractivity contribution in [1.82, 2.24) is 0 Å². The van der Waals surface area contributed by atoms with Gasteiger partial charge in [-0.1, -0.05) is 20.8 Å². The lowest BCUT2D eigenvalue weighted by atomic mass is 9.41. The summed E-state index contributed by atoms with van der Waals surface area (Å²) in [5.41, 5.74) is -0.353. The zero-order chi connectivity index (χ0) is 22.7. The molecular formula is C25H41ClO5. The summed E-state index contributed by atoms with van der Waals surface area (Å²) < 4.78 is 0. The van der Waals surface area contributed by atoms with Crippen molar-refractivity contribution in [2.45, 2.75) is 90.4 Å². The Morgan fingerprint density at radius 2 is 1.74 bits per heavy atom. The van der Waals surface area contributed by atoms with Gasteiger partial charge in [0.05, 0.1) is 18.3 Å². The highest BCUT2D eigenvalue weighted by atomic mass is 35.5. The molecule has 0 saturated heterocycles. The molecule has 0 radical (unpaired) electrons. The van der Waals surface area contributed by atoms with Gasteiger partial charge < -0.3 is 20.4 Å². The summed E-state index contributed by atoms with van der Waals surface area (Å²) in [7, 11) is 0. The average molecular weight is 457 g/mol. The summed E-state index contributed by atoms with van der Waals surface area (Å²) in [4.78, 5) is 11.1. The SMILES string of the molecule is C[C@H](CCC(=O)O)[C@H]1CC[C@H]2[C@@H]3[C@H](O)C[C@@H]4C[C@H](O)CC(CCl)[C@]4(C)[C@H]3C[C@H](O)[C@]12C. The summed E-state index contributed by atoms with van der Waals surface area (Å²) in [5.74, 6) is 1.30. The number of fused-ring (bicyclic) bond motifs is 5. The van der Waals surface area contributed by atoms with E-state index in [9.17, 15) is 20.1 Å². The fraction of sp³-hybridized carbons (Fsp3) is 0.960. The van der Waals surface area contributed by atoms with Crippen molar-refractivity contribution < 1.29 is 25.2 Å². The van der Waals surface area contributed by atoms with Crippen LogP contribution < -0.4 is 0 Å². The molecule has 0 heterocycles. The van der Waals surface area contributed by atoms with Crippen molar-refractivity contribution in [1.29, 1.82) is 0 Å². The molecule has 0 spiro atoms. The Balaban J connectivity index is 1.65. The Bertz CT molecular complexity index is 687. The van der Waals surface area contributed by atoms with Gasteiger partial charge in [-0.2, -0.15) is 0 Å². The van der Waals surface area contributed by atoms with Gasteiger partial charge in [-0.15, -0.1) is 11.6 Å². The zero-order valence-electron chi connectivity index (χ0n) is 19.2. The predicted octanol–water partition coefficient (Wildman–Crippen LogP) is 3.91. The van der Waals surface area contributed by atoms with E-state index in [-0.39, 0.29) is 64.8 Å². The van der Waals surface area contributed by atoms with Crippen LogP contribution in [0.25, 0.3) is 0 Å². The fourth-order valence-corrected chi connectivity index (χ4v) is 9.63. The molecule has 4 saturated carbocycles. The van der Waals surface area contributed by atoms with Crippen LogP contribution in [0.2, 0.25) is 0 Å². The first kappa shape index (κ1) is 23.8. The molecule has 0 aromatic heterocycles. The highest BCUT2D eigenvalue weighted by Crippen LogP contribution is 2.69. The molecule has 4 rings (SSSR count). The smallest absolute Gasteiger partial charge is 0.303 e. The summed E-state index contributed by atoms with van der Waals surface area (Å²) in [6.45, 7) is 6.66. The molecule has 178 valence electrons. The Morgan fingerprint density at radius 3 is 2.39 bits per heavy atom. The second kappa shape index (κ2) is 8.45. The normalized spacial score (nSPS) is 52.7. The van der Waals surface area contributed by atoms with Crippen LogP contribution in [-0.4, -0.2) is 50.6 Å².